The van der Waals surface area contributed by atoms with Gasteiger partial charge in [-0.15, -0.1) is 0 Å². The summed E-state index contributed by atoms with van der Waals surface area (Å²) in [5, 5.41) is 0. The average molecular weight is 302 g/mol. The standard InChI is InChI=1S/C15H16F4.C2H6/c1-9-2-4-10(5-3-9)11-6-12(17)15(13(18)7-11)14(19)8-16;1-2/h6-10H,2-5H2,1H3;1-2H3/b14-8-;. The third-order valence-electron chi connectivity index (χ3n) is 3.89. The van der Waals surface area contributed by atoms with Gasteiger partial charge in [0.1, 0.15) is 18.0 Å². The molecule has 0 saturated heterocycles. The summed E-state index contributed by atoms with van der Waals surface area (Å²) >= 11 is 0. The molecule has 0 nitrogen and oxygen atoms in total. The molecule has 21 heavy (non-hydrogen) atoms. The van der Waals surface area contributed by atoms with Crippen LogP contribution in [-0.4, -0.2) is 0 Å². The van der Waals surface area contributed by atoms with E-state index in [0.29, 0.717) is 11.5 Å². The Bertz CT molecular complexity index is 463. The van der Waals surface area contributed by atoms with Crippen LogP contribution in [0.3, 0.4) is 0 Å². The van der Waals surface area contributed by atoms with Crippen LogP contribution in [-0.2, 0) is 0 Å². The summed E-state index contributed by atoms with van der Waals surface area (Å²) in [5.74, 6) is -2.86. The van der Waals surface area contributed by atoms with Crippen LogP contribution in [0, 0.1) is 17.6 Å². The molecule has 0 bridgehead atoms. The van der Waals surface area contributed by atoms with Gasteiger partial charge in [-0.25, -0.2) is 17.6 Å². The maximum absolute atomic E-state index is 13.7. The summed E-state index contributed by atoms with van der Waals surface area (Å²) in [6, 6.07) is 2.25. The van der Waals surface area contributed by atoms with E-state index in [0.717, 1.165) is 37.8 Å². The lowest BCUT2D eigenvalue weighted by atomic mass is 9.79. The summed E-state index contributed by atoms with van der Waals surface area (Å²) in [6.45, 7) is 6.15. The highest BCUT2D eigenvalue weighted by Crippen LogP contribution is 2.37. The van der Waals surface area contributed by atoms with Crippen LogP contribution in [0.15, 0.2) is 18.5 Å². The Labute approximate surface area is 123 Å². The summed E-state index contributed by atoms with van der Waals surface area (Å²) in [5.41, 5.74) is -0.382. The molecule has 1 aliphatic rings. The van der Waals surface area contributed by atoms with Crippen molar-refractivity contribution >= 4 is 5.83 Å². The van der Waals surface area contributed by atoms with E-state index in [1.54, 1.807) is 0 Å². The van der Waals surface area contributed by atoms with Gasteiger partial charge in [0.25, 0.3) is 0 Å². The van der Waals surface area contributed by atoms with Crippen molar-refractivity contribution in [3.63, 3.8) is 0 Å². The highest BCUT2D eigenvalue weighted by molar-refractivity contribution is 5.59. The zero-order valence-electron chi connectivity index (χ0n) is 12.7. The van der Waals surface area contributed by atoms with Crippen LogP contribution in [0.5, 0.6) is 0 Å². The molecule has 118 valence electrons. The maximum atomic E-state index is 13.7. The first-order valence-electron chi connectivity index (χ1n) is 7.48. The number of hydrogen-bond acceptors (Lipinski definition) is 0. The lowest BCUT2D eigenvalue weighted by Crippen LogP contribution is -2.11. The summed E-state index contributed by atoms with van der Waals surface area (Å²) < 4.78 is 52.5. The molecule has 0 aromatic heterocycles. The minimum atomic E-state index is -1.51. The molecule has 0 N–H and O–H groups in total. The first-order chi connectivity index (χ1) is 10.0. The second kappa shape index (κ2) is 8.20. The summed E-state index contributed by atoms with van der Waals surface area (Å²) in [6.07, 6.45) is 3.37. The molecule has 1 aromatic carbocycles. The molecular formula is C17H22F4. The fourth-order valence-electron chi connectivity index (χ4n) is 2.70. The van der Waals surface area contributed by atoms with Gasteiger partial charge in [-0.3, -0.25) is 0 Å². The molecule has 1 aromatic rings. The average Bonchev–Trinajstić information content (AvgIpc) is 2.49. The van der Waals surface area contributed by atoms with E-state index >= 15 is 0 Å². The van der Waals surface area contributed by atoms with Gasteiger partial charge in [-0.1, -0.05) is 33.6 Å². The smallest absolute Gasteiger partial charge is 0.164 e. The van der Waals surface area contributed by atoms with Crippen molar-refractivity contribution < 1.29 is 17.6 Å². The second-order valence-electron chi connectivity index (χ2n) is 5.27. The minimum absolute atomic E-state index is 0.103. The van der Waals surface area contributed by atoms with Crippen LogP contribution in [0.2, 0.25) is 0 Å². The Hall–Kier alpha value is -1.32. The molecule has 0 unspecified atom stereocenters. The number of rotatable bonds is 2. The van der Waals surface area contributed by atoms with E-state index in [-0.39, 0.29) is 5.92 Å². The van der Waals surface area contributed by atoms with Crippen molar-refractivity contribution in [3.8, 4) is 0 Å². The zero-order chi connectivity index (χ0) is 16.0. The Balaban J connectivity index is 0.00000106. The van der Waals surface area contributed by atoms with Crippen LogP contribution >= 0.6 is 0 Å². The van der Waals surface area contributed by atoms with Crippen LogP contribution in [0.4, 0.5) is 17.6 Å². The predicted octanol–water partition coefficient (Wildman–Crippen LogP) is 6.52. The molecule has 1 fully saturated rings. The lowest BCUT2D eigenvalue weighted by Gasteiger charge is -2.26. The monoisotopic (exact) mass is 302 g/mol. The Morgan fingerprint density at radius 1 is 1.05 bits per heavy atom. The van der Waals surface area contributed by atoms with Gasteiger partial charge in [0.2, 0.25) is 0 Å². The molecule has 0 atom stereocenters. The summed E-state index contributed by atoms with van der Waals surface area (Å²) in [4.78, 5) is 0. The summed E-state index contributed by atoms with van der Waals surface area (Å²) in [7, 11) is 0. The largest absolute Gasteiger partial charge is 0.212 e. The molecule has 0 radical (unpaired) electrons. The Kier molecular flexibility index (Phi) is 6.93. The molecule has 0 heterocycles. The third kappa shape index (κ3) is 4.32. The fourth-order valence-corrected chi connectivity index (χ4v) is 2.70. The van der Waals surface area contributed by atoms with Gasteiger partial charge in [0, 0.05) is 0 Å². The van der Waals surface area contributed by atoms with Crippen LogP contribution in [0.25, 0.3) is 5.83 Å². The van der Waals surface area contributed by atoms with Gasteiger partial charge in [0.05, 0.1) is 5.56 Å². The van der Waals surface area contributed by atoms with Crippen LogP contribution in [0.1, 0.15) is 63.5 Å². The lowest BCUT2D eigenvalue weighted by molar-refractivity contribution is 0.346. The topological polar surface area (TPSA) is 0 Å². The SMILES string of the molecule is CC.CC1CCC(c2cc(F)c(/C(F)=C/F)c(F)c2)CC1. The Morgan fingerprint density at radius 2 is 1.52 bits per heavy atom. The zero-order valence-corrected chi connectivity index (χ0v) is 12.7. The second-order valence-corrected chi connectivity index (χ2v) is 5.27. The molecule has 0 aliphatic heterocycles. The van der Waals surface area contributed by atoms with Crippen molar-refractivity contribution in [1.82, 2.24) is 0 Å². The predicted molar refractivity (Wildman–Crippen MR) is 78.3 cm³/mol. The highest BCUT2D eigenvalue weighted by Gasteiger charge is 2.23. The first-order valence-corrected chi connectivity index (χ1v) is 7.48. The normalized spacial score (nSPS) is 22.5. The van der Waals surface area contributed by atoms with E-state index in [1.165, 1.54) is 0 Å². The van der Waals surface area contributed by atoms with Gasteiger partial charge >= 0.3 is 0 Å². The van der Waals surface area contributed by atoms with Crippen molar-refractivity contribution in [2.75, 3.05) is 0 Å². The minimum Gasteiger partial charge on any atom is -0.212 e. The van der Waals surface area contributed by atoms with Crippen LogP contribution < -0.4 is 0 Å². The Morgan fingerprint density at radius 3 is 1.95 bits per heavy atom. The number of halogens is 4. The van der Waals surface area contributed by atoms with E-state index in [9.17, 15) is 17.6 Å². The van der Waals surface area contributed by atoms with Gasteiger partial charge in [0.15, 0.2) is 5.83 Å². The van der Waals surface area contributed by atoms with Gasteiger partial charge in [-0.2, -0.15) is 0 Å². The molecule has 1 aliphatic carbocycles. The highest BCUT2D eigenvalue weighted by atomic mass is 19.2. The van der Waals surface area contributed by atoms with Crippen molar-refractivity contribution in [2.45, 2.75) is 52.4 Å². The fraction of sp³-hybridized carbons (Fsp3) is 0.529. The maximum Gasteiger partial charge on any atom is 0.164 e. The van der Waals surface area contributed by atoms with Gasteiger partial charge < -0.3 is 0 Å². The number of benzene rings is 1. The van der Waals surface area contributed by atoms with E-state index in [2.05, 4.69) is 6.92 Å². The first kappa shape index (κ1) is 17.7. The van der Waals surface area contributed by atoms with Crippen molar-refractivity contribution in [2.24, 2.45) is 5.92 Å². The van der Waals surface area contributed by atoms with E-state index in [1.807, 2.05) is 13.8 Å². The third-order valence-corrected chi connectivity index (χ3v) is 3.89. The molecule has 0 spiro atoms. The van der Waals surface area contributed by atoms with E-state index in [4.69, 9.17) is 0 Å². The van der Waals surface area contributed by atoms with E-state index < -0.39 is 29.4 Å². The number of hydrogen-bond donors (Lipinski definition) is 0. The molecule has 4 heteroatoms. The molecule has 0 amide bonds. The molecule has 2 rings (SSSR count). The van der Waals surface area contributed by atoms with Crippen molar-refractivity contribution in [3.05, 3.63) is 41.2 Å². The van der Waals surface area contributed by atoms with Crippen molar-refractivity contribution in [1.29, 1.82) is 0 Å². The molecular weight excluding hydrogens is 280 g/mol. The van der Waals surface area contributed by atoms with Gasteiger partial charge in [-0.05, 0) is 42.4 Å². The molecule has 1 saturated carbocycles. The quantitative estimate of drug-likeness (QED) is 0.545.